The Bertz CT molecular complexity index is 592. The van der Waals surface area contributed by atoms with Crippen molar-refractivity contribution in [3.63, 3.8) is 0 Å². The van der Waals surface area contributed by atoms with Crippen molar-refractivity contribution in [3.05, 3.63) is 46.1 Å². The third-order valence-electron chi connectivity index (χ3n) is 2.49. The van der Waals surface area contributed by atoms with Gasteiger partial charge in [0.05, 0.1) is 15.9 Å². The van der Waals surface area contributed by atoms with Gasteiger partial charge in [-0.15, -0.1) is 11.8 Å². The van der Waals surface area contributed by atoms with Gasteiger partial charge in [0.15, 0.2) is 0 Å². The molecule has 0 unspecified atom stereocenters. The van der Waals surface area contributed by atoms with Gasteiger partial charge < -0.3 is 5.73 Å². The predicted octanol–water partition coefficient (Wildman–Crippen LogP) is 3.82. The summed E-state index contributed by atoms with van der Waals surface area (Å²) in [5.41, 5.74) is 6.71. The van der Waals surface area contributed by atoms with Gasteiger partial charge in [-0.2, -0.15) is 0 Å². The van der Waals surface area contributed by atoms with Crippen LogP contribution in [0.15, 0.2) is 33.6 Å². The highest BCUT2D eigenvalue weighted by molar-refractivity contribution is 9.10. The first kappa shape index (κ1) is 14.3. The number of anilines is 1. The van der Waals surface area contributed by atoms with Crippen LogP contribution in [0.1, 0.15) is 18.4 Å². The number of nitrogens with two attached hydrogens (primary N) is 1. The fourth-order valence-electron chi connectivity index (χ4n) is 1.57. The Morgan fingerprint density at radius 3 is 2.84 bits per heavy atom. The van der Waals surface area contributed by atoms with Gasteiger partial charge in [-0.25, -0.2) is 14.4 Å². The summed E-state index contributed by atoms with van der Waals surface area (Å²) in [7, 11) is 0. The van der Waals surface area contributed by atoms with Crippen molar-refractivity contribution in [1.29, 1.82) is 0 Å². The third-order valence-corrected chi connectivity index (χ3v) is 4.34. The molecule has 1 aromatic heterocycles. The van der Waals surface area contributed by atoms with E-state index in [-0.39, 0.29) is 5.82 Å². The molecule has 19 heavy (non-hydrogen) atoms. The molecule has 0 saturated carbocycles. The molecule has 0 aliphatic carbocycles. The number of nitrogens with zero attached hydrogens (tertiary/aromatic N) is 2. The first-order valence-electron chi connectivity index (χ1n) is 5.79. The zero-order valence-corrected chi connectivity index (χ0v) is 12.8. The fourth-order valence-corrected chi connectivity index (χ4v) is 2.82. The quantitative estimate of drug-likeness (QED) is 0.859. The Hall–Kier alpha value is -1.14. The van der Waals surface area contributed by atoms with E-state index < -0.39 is 0 Å². The maximum Gasteiger partial charge on any atom is 0.141 e. The Balaban J connectivity index is 2.13. The monoisotopic (exact) mass is 341 g/mol. The van der Waals surface area contributed by atoms with E-state index in [9.17, 15) is 4.39 Å². The third kappa shape index (κ3) is 3.67. The van der Waals surface area contributed by atoms with Crippen LogP contribution in [0.2, 0.25) is 0 Å². The molecule has 6 heteroatoms. The molecule has 2 N–H and O–H groups in total. The standard InChI is InChI=1S/C13H13BrFN3S/c1-2-10-12(14)13(16)18-11(17-10)7-19-9-5-3-4-8(15)6-9/h3-6H,2,7H2,1H3,(H2,16,17,18). The summed E-state index contributed by atoms with van der Waals surface area (Å²) in [6.45, 7) is 2.01. The second-order valence-corrected chi connectivity index (χ2v) is 5.73. The molecule has 2 rings (SSSR count). The lowest BCUT2D eigenvalue weighted by Crippen LogP contribution is -2.04. The first-order valence-corrected chi connectivity index (χ1v) is 7.57. The molecule has 0 atom stereocenters. The summed E-state index contributed by atoms with van der Waals surface area (Å²) >= 11 is 4.86. The summed E-state index contributed by atoms with van der Waals surface area (Å²) in [4.78, 5) is 9.51. The molecule has 1 heterocycles. The maximum atomic E-state index is 13.1. The van der Waals surface area contributed by atoms with Gasteiger partial charge in [0.2, 0.25) is 0 Å². The van der Waals surface area contributed by atoms with Crippen molar-refractivity contribution in [3.8, 4) is 0 Å². The number of hydrogen-bond donors (Lipinski definition) is 1. The molecule has 0 aliphatic rings. The zero-order valence-electron chi connectivity index (χ0n) is 10.4. The van der Waals surface area contributed by atoms with Crippen LogP contribution in [-0.2, 0) is 12.2 Å². The summed E-state index contributed by atoms with van der Waals surface area (Å²) < 4.78 is 13.8. The van der Waals surface area contributed by atoms with E-state index in [2.05, 4.69) is 25.9 Å². The molecule has 0 amide bonds. The highest BCUT2D eigenvalue weighted by Gasteiger charge is 2.09. The SMILES string of the molecule is CCc1nc(CSc2cccc(F)c2)nc(N)c1Br. The smallest absolute Gasteiger partial charge is 0.141 e. The summed E-state index contributed by atoms with van der Waals surface area (Å²) in [6, 6.07) is 6.46. The molecule has 2 aromatic rings. The summed E-state index contributed by atoms with van der Waals surface area (Å²) in [5, 5.41) is 0. The average molecular weight is 342 g/mol. The highest BCUT2D eigenvalue weighted by Crippen LogP contribution is 2.25. The van der Waals surface area contributed by atoms with Gasteiger partial charge in [-0.1, -0.05) is 13.0 Å². The summed E-state index contributed by atoms with van der Waals surface area (Å²) in [6.07, 6.45) is 0.783. The predicted molar refractivity (Wildman–Crippen MR) is 79.5 cm³/mol. The van der Waals surface area contributed by atoms with Gasteiger partial charge >= 0.3 is 0 Å². The number of hydrogen-bond acceptors (Lipinski definition) is 4. The minimum atomic E-state index is -0.240. The van der Waals surface area contributed by atoms with E-state index >= 15 is 0 Å². The van der Waals surface area contributed by atoms with Crippen LogP contribution in [0.5, 0.6) is 0 Å². The second-order valence-electron chi connectivity index (χ2n) is 3.89. The Kier molecular flexibility index (Phi) is 4.76. The molecule has 0 radical (unpaired) electrons. The molecule has 100 valence electrons. The topological polar surface area (TPSA) is 51.8 Å². The number of thioether (sulfide) groups is 1. The molecule has 0 bridgehead atoms. The van der Waals surface area contributed by atoms with Crippen LogP contribution < -0.4 is 5.73 Å². The Morgan fingerprint density at radius 1 is 1.37 bits per heavy atom. The Morgan fingerprint density at radius 2 is 2.16 bits per heavy atom. The van der Waals surface area contributed by atoms with Crippen LogP contribution in [0.25, 0.3) is 0 Å². The lowest BCUT2D eigenvalue weighted by molar-refractivity contribution is 0.624. The van der Waals surface area contributed by atoms with E-state index in [0.717, 1.165) is 21.5 Å². The van der Waals surface area contributed by atoms with E-state index in [4.69, 9.17) is 5.73 Å². The number of halogens is 2. The van der Waals surface area contributed by atoms with E-state index in [1.54, 1.807) is 6.07 Å². The molecule has 0 saturated heterocycles. The van der Waals surface area contributed by atoms with E-state index in [0.29, 0.717) is 17.4 Å². The lowest BCUT2D eigenvalue weighted by Gasteiger charge is -2.07. The maximum absolute atomic E-state index is 13.1. The van der Waals surface area contributed by atoms with Crippen molar-refractivity contribution >= 4 is 33.5 Å². The van der Waals surface area contributed by atoms with Gasteiger partial charge in [0.1, 0.15) is 17.5 Å². The van der Waals surface area contributed by atoms with Crippen molar-refractivity contribution in [2.75, 3.05) is 5.73 Å². The number of rotatable bonds is 4. The molecule has 3 nitrogen and oxygen atoms in total. The molecular weight excluding hydrogens is 329 g/mol. The van der Waals surface area contributed by atoms with Crippen LogP contribution in [0, 0.1) is 5.82 Å². The number of aromatic nitrogens is 2. The number of aryl methyl sites for hydroxylation is 1. The largest absolute Gasteiger partial charge is 0.383 e. The molecule has 0 fully saturated rings. The van der Waals surface area contributed by atoms with Crippen LogP contribution in [-0.4, -0.2) is 9.97 Å². The van der Waals surface area contributed by atoms with Gasteiger partial charge in [-0.05, 0) is 40.5 Å². The molecular formula is C13H13BrFN3S. The van der Waals surface area contributed by atoms with Crippen molar-refractivity contribution in [1.82, 2.24) is 9.97 Å². The highest BCUT2D eigenvalue weighted by atomic mass is 79.9. The minimum absolute atomic E-state index is 0.240. The minimum Gasteiger partial charge on any atom is -0.383 e. The van der Waals surface area contributed by atoms with Crippen molar-refractivity contribution < 1.29 is 4.39 Å². The second kappa shape index (κ2) is 6.34. The fraction of sp³-hybridized carbons (Fsp3) is 0.231. The average Bonchev–Trinajstić information content (AvgIpc) is 2.40. The number of nitrogen functional groups attached to an aromatic ring is 1. The van der Waals surface area contributed by atoms with Crippen LogP contribution in [0.3, 0.4) is 0 Å². The normalized spacial score (nSPS) is 10.7. The molecule has 0 aliphatic heterocycles. The van der Waals surface area contributed by atoms with E-state index in [1.165, 1.54) is 23.9 Å². The van der Waals surface area contributed by atoms with Crippen LogP contribution >= 0.6 is 27.7 Å². The molecule has 0 spiro atoms. The van der Waals surface area contributed by atoms with Gasteiger partial charge in [0.25, 0.3) is 0 Å². The first-order chi connectivity index (χ1) is 9.10. The molecule has 1 aromatic carbocycles. The van der Waals surface area contributed by atoms with Crippen molar-refractivity contribution in [2.45, 2.75) is 24.0 Å². The van der Waals surface area contributed by atoms with Gasteiger partial charge in [-0.3, -0.25) is 0 Å². The lowest BCUT2D eigenvalue weighted by atomic mass is 10.3. The Labute approximate surface area is 124 Å². The van der Waals surface area contributed by atoms with E-state index in [1.807, 2.05) is 13.0 Å². The summed E-state index contributed by atoms with van der Waals surface area (Å²) in [5.74, 6) is 1.43. The van der Waals surface area contributed by atoms with Crippen LogP contribution in [0.4, 0.5) is 10.2 Å². The number of benzene rings is 1. The zero-order chi connectivity index (χ0) is 13.8. The van der Waals surface area contributed by atoms with Crippen molar-refractivity contribution in [2.24, 2.45) is 0 Å². The van der Waals surface area contributed by atoms with Gasteiger partial charge in [0, 0.05) is 4.90 Å².